The highest BCUT2D eigenvalue weighted by atomic mass is 127. The second-order valence-electron chi connectivity index (χ2n) is 7.19. The number of rotatable bonds is 9. The first-order valence-electron chi connectivity index (χ1n) is 9.54. The molecule has 0 unspecified atom stereocenters. The molecule has 1 aliphatic heterocycles. The maximum atomic E-state index is 5.93. The summed E-state index contributed by atoms with van der Waals surface area (Å²) in [6.45, 7) is 11.3. The number of hydrogen-bond donors (Lipinski definition) is 2. The Labute approximate surface area is 191 Å². The fourth-order valence-corrected chi connectivity index (χ4v) is 2.85. The minimum absolute atomic E-state index is 0. The zero-order valence-electron chi connectivity index (χ0n) is 17.5. The van der Waals surface area contributed by atoms with Gasteiger partial charge in [0.2, 0.25) is 0 Å². The van der Waals surface area contributed by atoms with Crippen LogP contribution in [-0.2, 0) is 11.3 Å². The molecule has 0 bridgehead atoms. The summed E-state index contributed by atoms with van der Waals surface area (Å²) in [4.78, 5) is 6.68. The third-order valence-corrected chi connectivity index (χ3v) is 5.85. The minimum atomic E-state index is 0. The molecular weight excluding hydrogens is 487 g/mol. The molecule has 0 amide bonds. The van der Waals surface area contributed by atoms with Crippen LogP contribution < -0.4 is 15.4 Å². The Bertz CT molecular complexity index is 595. The summed E-state index contributed by atoms with van der Waals surface area (Å²) < 4.78 is 11.5. The van der Waals surface area contributed by atoms with Crippen LogP contribution in [0.4, 0.5) is 0 Å². The number of guanidine groups is 1. The molecule has 8 heteroatoms. The molecule has 1 aliphatic rings. The molecule has 1 fully saturated rings. The molecule has 0 saturated carbocycles. The molecule has 1 saturated heterocycles. The van der Waals surface area contributed by atoms with Crippen LogP contribution in [0.2, 0.25) is 0 Å². The van der Waals surface area contributed by atoms with Gasteiger partial charge in [0, 0.05) is 44.5 Å². The van der Waals surface area contributed by atoms with Crippen molar-refractivity contribution in [2.24, 2.45) is 4.99 Å². The predicted molar refractivity (Wildman–Crippen MR) is 130 cm³/mol. The van der Waals surface area contributed by atoms with Gasteiger partial charge < -0.3 is 20.1 Å². The molecule has 2 N–H and O–H groups in total. The third-order valence-electron chi connectivity index (χ3n) is 4.60. The highest BCUT2D eigenvalue weighted by Gasteiger charge is 2.16. The number of halogens is 1. The number of thioether (sulfide) groups is 1. The molecule has 1 heterocycles. The molecule has 6 nitrogen and oxygen atoms in total. The Hall–Kier alpha value is -0.710. The summed E-state index contributed by atoms with van der Waals surface area (Å²) in [5, 5.41) is 6.76. The Balaban J connectivity index is 0.00000392. The van der Waals surface area contributed by atoms with Crippen LogP contribution in [-0.4, -0.2) is 74.9 Å². The normalized spacial score (nSPS) is 15.6. The standard InChI is InChI=1S/C20H34N4O2S.HI/c1-20(2,27-4)16-23-19(21-3)22-15-17-6-5-7-18(14-17)26-13-10-24-8-11-25-12-9-24;/h5-7,14H,8-13,15-16H2,1-4H3,(H2,21,22,23);1H. The lowest BCUT2D eigenvalue weighted by Gasteiger charge is -2.26. The highest BCUT2D eigenvalue weighted by Crippen LogP contribution is 2.19. The van der Waals surface area contributed by atoms with Gasteiger partial charge in [0.15, 0.2) is 5.96 Å². The highest BCUT2D eigenvalue weighted by molar-refractivity contribution is 14.0. The number of nitrogens with one attached hydrogen (secondary N) is 2. The molecule has 0 spiro atoms. The summed E-state index contributed by atoms with van der Waals surface area (Å²) in [7, 11) is 1.80. The van der Waals surface area contributed by atoms with Gasteiger partial charge >= 0.3 is 0 Å². The monoisotopic (exact) mass is 522 g/mol. The number of nitrogens with zero attached hydrogens (tertiary/aromatic N) is 2. The van der Waals surface area contributed by atoms with Crippen LogP contribution in [0.5, 0.6) is 5.75 Å². The first-order chi connectivity index (χ1) is 13.0. The number of morpholine rings is 1. The fraction of sp³-hybridized carbons (Fsp3) is 0.650. The van der Waals surface area contributed by atoms with E-state index in [0.717, 1.165) is 51.1 Å². The van der Waals surface area contributed by atoms with Gasteiger partial charge in [-0.1, -0.05) is 12.1 Å². The van der Waals surface area contributed by atoms with Crippen molar-refractivity contribution in [3.8, 4) is 5.75 Å². The lowest BCUT2D eigenvalue weighted by atomic mass is 10.2. The average Bonchev–Trinajstić information content (AvgIpc) is 2.69. The van der Waals surface area contributed by atoms with Crippen molar-refractivity contribution in [2.45, 2.75) is 25.1 Å². The van der Waals surface area contributed by atoms with Crippen molar-refractivity contribution in [1.82, 2.24) is 15.5 Å². The minimum Gasteiger partial charge on any atom is -0.492 e. The molecule has 0 aromatic heterocycles. The van der Waals surface area contributed by atoms with E-state index in [1.54, 1.807) is 7.05 Å². The second kappa shape index (κ2) is 13.5. The molecule has 0 aliphatic carbocycles. The van der Waals surface area contributed by atoms with E-state index in [1.807, 2.05) is 23.9 Å². The van der Waals surface area contributed by atoms with Crippen molar-refractivity contribution in [2.75, 3.05) is 59.3 Å². The van der Waals surface area contributed by atoms with Crippen LogP contribution in [0.1, 0.15) is 19.4 Å². The quantitative estimate of drug-likeness (QED) is 0.296. The van der Waals surface area contributed by atoms with E-state index in [4.69, 9.17) is 9.47 Å². The van der Waals surface area contributed by atoms with Crippen molar-refractivity contribution in [3.63, 3.8) is 0 Å². The van der Waals surface area contributed by atoms with Gasteiger partial charge in [0.25, 0.3) is 0 Å². The van der Waals surface area contributed by atoms with Gasteiger partial charge in [-0.25, -0.2) is 0 Å². The number of ether oxygens (including phenoxy) is 2. The van der Waals surface area contributed by atoms with E-state index in [-0.39, 0.29) is 28.7 Å². The smallest absolute Gasteiger partial charge is 0.191 e. The van der Waals surface area contributed by atoms with Crippen molar-refractivity contribution in [1.29, 1.82) is 0 Å². The molecule has 1 aromatic carbocycles. The van der Waals surface area contributed by atoms with Crippen LogP contribution in [0, 0.1) is 0 Å². The number of hydrogen-bond acceptors (Lipinski definition) is 5. The average molecular weight is 522 g/mol. The van der Waals surface area contributed by atoms with E-state index in [2.05, 4.69) is 52.8 Å². The third kappa shape index (κ3) is 9.67. The fourth-order valence-electron chi connectivity index (χ4n) is 2.64. The van der Waals surface area contributed by atoms with Gasteiger partial charge in [-0.3, -0.25) is 9.89 Å². The van der Waals surface area contributed by atoms with Crippen molar-refractivity contribution in [3.05, 3.63) is 29.8 Å². The van der Waals surface area contributed by atoms with Gasteiger partial charge in [0.05, 0.1) is 13.2 Å². The lowest BCUT2D eigenvalue weighted by molar-refractivity contribution is 0.0322. The van der Waals surface area contributed by atoms with Crippen molar-refractivity contribution < 1.29 is 9.47 Å². The van der Waals surface area contributed by atoms with Crippen LogP contribution in [0.25, 0.3) is 0 Å². The van der Waals surface area contributed by atoms with Gasteiger partial charge in [0.1, 0.15) is 12.4 Å². The molecular formula is C20H35IN4O2S. The topological polar surface area (TPSA) is 58.1 Å². The molecule has 28 heavy (non-hydrogen) atoms. The van der Waals surface area contributed by atoms with E-state index < -0.39 is 0 Å². The SMILES string of the molecule is CN=C(NCc1cccc(OCCN2CCOCC2)c1)NCC(C)(C)SC.I. The zero-order chi connectivity index (χ0) is 19.5. The first kappa shape index (κ1) is 25.3. The molecule has 0 radical (unpaired) electrons. The molecule has 2 rings (SSSR count). The number of benzene rings is 1. The molecule has 160 valence electrons. The largest absolute Gasteiger partial charge is 0.492 e. The van der Waals surface area contributed by atoms with Gasteiger partial charge in [-0.2, -0.15) is 11.8 Å². The summed E-state index contributed by atoms with van der Waals surface area (Å²) in [6.07, 6.45) is 2.13. The maximum absolute atomic E-state index is 5.93. The van der Waals surface area contributed by atoms with E-state index >= 15 is 0 Å². The Morgan fingerprint density at radius 3 is 2.71 bits per heavy atom. The van der Waals surface area contributed by atoms with Gasteiger partial charge in [-0.05, 0) is 37.8 Å². The number of aliphatic imine (C=N–C) groups is 1. The summed E-state index contributed by atoms with van der Waals surface area (Å²) >= 11 is 1.84. The van der Waals surface area contributed by atoms with Crippen LogP contribution in [0.15, 0.2) is 29.3 Å². The predicted octanol–water partition coefficient (Wildman–Crippen LogP) is 2.82. The van der Waals surface area contributed by atoms with E-state index in [0.29, 0.717) is 13.2 Å². The zero-order valence-corrected chi connectivity index (χ0v) is 20.6. The van der Waals surface area contributed by atoms with Crippen LogP contribution in [0.3, 0.4) is 0 Å². The molecule has 0 atom stereocenters. The second-order valence-corrected chi connectivity index (χ2v) is 8.71. The molecule has 1 aromatic rings. The summed E-state index contributed by atoms with van der Waals surface area (Å²) in [5.41, 5.74) is 1.17. The van der Waals surface area contributed by atoms with Crippen LogP contribution >= 0.6 is 35.7 Å². The van der Waals surface area contributed by atoms with Crippen molar-refractivity contribution >= 4 is 41.7 Å². The van der Waals surface area contributed by atoms with E-state index in [1.165, 1.54) is 5.56 Å². The Morgan fingerprint density at radius 1 is 1.29 bits per heavy atom. The summed E-state index contributed by atoms with van der Waals surface area (Å²) in [6, 6.07) is 8.23. The summed E-state index contributed by atoms with van der Waals surface area (Å²) in [5.74, 6) is 1.73. The first-order valence-corrected chi connectivity index (χ1v) is 10.8. The Morgan fingerprint density at radius 2 is 2.04 bits per heavy atom. The van der Waals surface area contributed by atoms with Gasteiger partial charge in [-0.15, -0.1) is 24.0 Å². The van der Waals surface area contributed by atoms with E-state index in [9.17, 15) is 0 Å². The lowest BCUT2D eigenvalue weighted by Crippen LogP contribution is -2.42. The maximum Gasteiger partial charge on any atom is 0.191 e. The Kier molecular flexibility index (Phi) is 12.2.